The van der Waals surface area contributed by atoms with Crippen molar-refractivity contribution >= 4 is 55.4 Å². The van der Waals surface area contributed by atoms with Gasteiger partial charge in [0.05, 0.1) is 28.9 Å². The summed E-state index contributed by atoms with van der Waals surface area (Å²) in [6.45, 7) is 4.53. The van der Waals surface area contributed by atoms with Crippen molar-refractivity contribution in [2.45, 2.75) is 100.0 Å². The first-order chi connectivity index (χ1) is 28.8. The van der Waals surface area contributed by atoms with Crippen molar-refractivity contribution in [2.24, 2.45) is 12.5 Å². The molecule has 5 heterocycles. The number of imidazole rings is 1. The van der Waals surface area contributed by atoms with E-state index in [1.165, 1.54) is 16.2 Å². The van der Waals surface area contributed by atoms with E-state index in [9.17, 15) is 27.6 Å². The number of nitrogens with one attached hydrogen (secondary N) is 2. The van der Waals surface area contributed by atoms with Crippen LogP contribution in [0.1, 0.15) is 87.4 Å². The molecule has 2 aliphatic heterocycles. The van der Waals surface area contributed by atoms with E-state index in [0.717, 1.165) is 62.6 Å². The summed E-state index contributed by atoms with van der Waals surface area (Å²) in [6.07, 6.45) is 9.08. The van der Waals surface area contributed by atoms with Crippen molar-refractivity contribution in [1.82, 2.24) is 33.9 Å². The molecule has 5 aromatic rings. The van der Waals surface area contributed by atoms with E-state index < -0.39 is 44.5 Å². The molecule has 4 fully saturated rings. The second kappa shape index (κ2) is 15.6. The number of imide groups is 1. The summed E-state index contributed by atoms with van der Waals surface area (Å²) in [5.41, 5.74) is 2.10. The van der Waals surface area contributed by atoms with E-state index in [0.29, 0.717) is 53.7 Å². The first-order valence-corrected chi connectivity index (χ1v) is 22.4. The normalized spacial score (nSPS) is 20.3. The molecular formula is C43H49FN8O7S. The highest BCUT2D eigenvalue weighted by Gasteiger charge is 2.51. The Morgan fingerprint density at radius 3 is 2.48 bits per heavy atom. The molecule has 0 radical (unpaired) electrons. The topological polar surface area (TPSA) is 180 Å². The van der Waals surface area contributed by atoms with Crippen molar-refractivity contribution in [1.29, 1.82) is 0 Å². The highest BCUT2D eigenvalue weighted by molar-refractivity contribution is 7.92. The zero-order chi connectivity index (χ0) is 41.9. The number of rotatable bonds is 11. The molecule has 15 nitrogen and oxygen atoms in total. The number of anilines is 2. The van der Waals surface area contributed by atoms with Gasteiger partial charge in [-0.25, -0.2) is 22.6 Å². The third kappa shape index (κ3) is 7.23. The monoisotopic (exact) mass is 840 g/mol. The van der Waals surface area contributed by atoms with Gasteiger partial charge in [0, 0.05) is 55.0 Å². The lowest BCUT2D eigenvalue weighted by Crippen LogP contribution is -2.51. The number of pyridine rings is 1. The number of ether oxygens (including phenoxy) is 1. The van der Waals surface area contributed by atoms with Gasteiger partial charge in [-0.3, -0.25) is 33.4 Å². The van der Waals surface area contributed by atoms with Crippen LogP contribution in [0.25, 0.3) is 22.1 Å². The molecule has 2 N–H and O–H groups in total. The number of sulfone groups is 1. The van der Waals surface area contributed by atoms with Crippen molar-refractivity contribution < 1.29 is 27.1 Å². The van der Waals surface area contributed by atoms with E-state index in [2.05, 4.69) is 20.5 Å². The van der Waals surface area contributed by atoms with Crippen LogP contribution in [0, 0.1) is 18.2 Å². The van der Waals surface area contributed by atoms with Gasteiger partial charge in [0.1, 0.15) is 17.2 Å². The van der Waals surface area contributed by atoms with Crippen LogP contribution in [0.3, 0.4) is 0 Å². The molecule has 0 bridgehead atoms. The number of halogens is 1. The smallest absolute Gasteiger partial charge is 0.329 e. The van der Waals surface area contributed by atoms with Crippen LogP contribution in [-0.2, 0) is 37.8 Å². The van der Waals surface area contributed by atoms with Gasteiger partial charge < -0.3 is 15.0 Å². The molecule has 2 aromatic carbocycles. The van der Waals surface area contributed by atoms with Gasteiger partial charge in [0.2, 0.25) is 17.8 Å². The number of carbonyl (C=O) groups excluding carboxylic acids is 2. The van der Waals surface area contributed by atoms with Crippen molar-refractivity contribution in [2.75, 3.05) is 31.6 Å². The summed E-state index contributed by atoms with van der Waals surface area (Å²) in [6, 6.07) is 10.9. The molecule has 4 aliphatic rings. The van der Waals surface area contributed by atoms with Crippen molar-refractivity contribution in [3.8, 4) is 0 Å². The van der Waals surface area contributed by atoms with Crippen LogP contribution in [0.4, 0.5) is 16.0 Å². The number of amides is 2. The Balaban J connectivity index is 0.767. The fourth-order valence-electron chi connectivity index (χ4n) is 9.85. The Labute approximate surface area is 345 Å². The summed E-state index contributed by atoms with van der Waals surface area (Å²) in [7, 11) is -2.08. The van der Waals surface area contributed by atoms with Crippen LogP contribution >= 0.6 is 0 Å². The number of likely N-dealkylation sites (tertiary alicyclic amines) is 1. The van der Waals surface area contributed by atoms with Gasteiger partial charge in [-0.05, 0) is 106 Å². The average molecular weight is 841 g/mol. The maximum absolute atomic E-state index is 15.7. The summed E-state index contributed by atoms with van der Waals surface area (Å²) in [5, 5.41) is 5.87. The zero-order valence-electron chi connectivity index (χ0n) is 33.8. The SMILES string of the molecule is Cc1cc(S(=O)(=O)C2CC3(CCN(CCOCc4ccc5c(c4F)n(C)c(=O)n5C4CCC(=O)NC4=O)CC3)C2)ccc1Nc1ncc2ccc(=O)n(C3CCCC3)c2n1. The molecule has 17 heteroatoms. The van der Waals surface area contributed by atoms with Crippen molar-refractivity contribution in [3.63, 3.8) is 0 Å². The number of hydrogen-bond donors (Lipinski definition) is 2. The van der Waals surface area contributed by atoms with Crippen LogP contribution in [-0.4, -0.2) is 80.3 Å². The van der Waals surface area contributed by atoms with Gasteiger partial charge >= 0.3 is 5.69 Å². The molecule has 1 unspecified atom stereocenters. The number of piperidine rings is 2. The maximum Gasteiger partial charge on any atom is 0.329 e. The predicted molar refractivity (Wildman–Crippen MR) is 222 cm³/mol. The molecule has 316 valence electrons. The Kier molecular flexibility index (Phi) is 10.5. The van der Waals surface area contributed by atoms with Crippen LogP contribution < -0.4 is 21.9 Å². The molecule has 3 aromatic heterocycles. The lowest BCUT2D eigenvalue weighted by atomic mass is 9.63. The van der Waals surface area contributed by atoms with E-state index >= 15 is 4.39 Å². The van der Waals surface area contributed by atoms with E-state index in [4.69, 9.17) is 9.72 Å². The highest BCUT2D eigenvalue weighted by atomic mass is 32.2. The minimum Gasteiger partial charge on any atom is -0.375 e. The molecular weight excluding hydrogens is 792 g/mol. The molecule has 9 rings (SSSR count). The molecule has 60 heavy (non-hydrogen) atoms. The van der Waals surface area contributed by atoms with Crippen LogP contribution in [0.2, 0.25) is 0 Å². The lowest BCUT2D eigenvalue weighted by molar-refractivity contribution is -0.135. The Morgan fingerprint density at radius 2 is 1.75 bits per heavy atom. The van der Waals surface area contributed by atoms with Gasteiger partial charge in [-0.1, -0.05) is 18.9 Å². The number of aromatic nitrogens is 5. The summed E-state index contributed by atoms with van der Waals surface area (Å²) in [5.74, 6) is -1.21. The number of hydrogen-bond acceptors (Lipinski definition) is 11. The number of fused-ring (bicyclic) bond motifs is 2. The van der Waals surface area contributed by atoms with Gasteiger partial charge in [0.15, 0.2) is 15.7 Å². The third-order valence-electron chi connectivity index (χ3n) is 13.4. The van der Waals surface area contributed by atoms with E-state index in [1.807, 2.05) is 6.92 Å². The van der Waals surface area contributed by atoms with Gasteiger partial charge in [-0.15, -0.1) is 0 Å². The first kappa shape index (κ1) is 40.2. The minimum absolute atomic E-state index is 0.00288. The largest absolute Gasteiger partial charge is 0.375 e. The molecule has 2 aliphatic carbocycles. The maximum atomic E-state index is 15.7. The third-order valence-corrected chi connectivity index (χ3v) is 15.5. The predicted octanol–water partition coefficient (Wildman–Crippen LogP) is 4.96. The molecule has 2 saturated carbocycles. The summed E-state index contributed by atoms with van der Waals surface area (Å²) < 4.78 is 53.5. The average Bonchev–Trinajstić information content (AvgIpc) is 3.83. The summed E-state index contributed by atoms with van der Waals surface area (Å²) >= 11 is 0. The molecule has 1 atom stereocenters. The number of nitrogens with zero attached hydrogens (tertiary/aromatic N) is 6. The second-order valence-corrected chi connectivity index (χ2v) is 19.3. The Bertz CT molecular complexity index is 2760. The zero-order valence-corrected chi connectivity index (χ0v) is 34.6. The molecule has 2 saturated heterocycles. The van der Waals surface area contributed by atoms with Crippen LogP contribution in [0.5, 0.6) is 0 Å². The van der Waals surface area contributed by atoms with Gasteiger partial charge in [-0.2, -0.15) is 4.98 Å². The first-order valence-electron chi connectivity index (χ1n) is 20.8. The molecule has 2 amide bonds. The van der Waals surface area contributed by atoms with E-state index in [1.54, 1.807) is 53.2 Å². The minimum atomic E-state index is -3.54. The van der Waals surface area contributed by atoms with E-state index in [-0.39, 0.29) is 47.5 Å². The fourth-order valence-corrected chi connectivity index (χ4v) is 12.0. The number of carbonyl (C=O) groups is 2. The highest BCUT2D eigenvalue weighted by Crippen LogP contribution is 2.52. The molecule has 1 spiro atoms. The van der Waals surface area contributed by atoms with Crippen LogP contribution in [0.15, 0.2) is 63.1 Å². The Hall–Kier alpha value is -5.26. The Morgan fingerprint density at radius 1 is 0.983 bits per heavy atom. The second-order valence-electron chi connectivity index (χ2n) is 17.1. The number of benzene rings is 2. The fraction of sp³-hybridized carbons (Fsp3) is 0.488. The standard InChI is InChI=1S/C43H49FN8O7S/c1-26-21-30(9-10-32(26)46-41-45-24-27-8-14-36(54)51(39(27)48-41)29-5-3-4-6-29)60(57,58)31-22-43(23-31)15-17-50(18-16-43)19-20-59-25-28-7-11-33-38(37(28)44)49(2)42(56)52(33)34-12-13-35(53)47-40(34)55/h7-11,14,21,24,29,31,34H,3-6,12-13,15-20,22-23,25H2,1-2H3,(H,45,46,48)(H,47,53,55). The van der Waals surface area contributed by atoms with Crippen molar-refractivity contribution in [3.05, 3.63) is 86.4 Å². The lowest BCUT2D eigenvalue weighted by Gasteiger charge is -2.51. The quantitative estimate of drug-likeness (QED) is 0.136. The summed E-state index contributed by atoms with van der Waals surface area (Å²) in [4.78, 5) is 61.9. The van der Waals surface area contributed by atoms with Gasteiger partial charge in [0.25, 0.3) is 5.56 Å². The number of aryl methyl sites for hydroxylation is 2.